The minimum atomic E-state index is 0.242. The lowest BCUT2D eigenvalue weighted by Crippen LogP contribution is -2.40. The van der Waals surface area contributed by atoms with Crippen LogP contribution >= 0.6 is 0 Å². The van der Waals surface area contributed by atoms with Crippen LogP contribution in [-0.4, -0.2) is 66.2 Å². The highest BCUT2D eigenvalue weighted by molar-refractivity contribution is 5.78. The van der Waals surface area contributed by atoms with Gasteiger partial charge in [-0.05, 0) is 25.8 Å². The molecule has 16 heavy (non-hydrogen) atoms. The summed E-state index contributed by atoms with van der Waals surface area (Å²) < 4.78 is 0. The summed E-state index contributed by atoms with van der Waals surface area (Å²) in [4.78, 5) is 8.94. The van der Waals surface area contributed by atoms with Crippen molar-refractivity contribution in [2.45, 2.75) is 25.3 Å². The van der Waals surface area contributed by atoms with Crippen molar-refractivity contribution in [3.63, 3.8) is 0 Å². The van der Waals surface area contributed by atoms with Crippen LogP contribution in [0.5, 0.6) is 0 Å². The number of aliphatic hydroxyl groups excluding tert-OH is 1. The molecule has 1 aliphatic heterocycles. The second-order valence-electron chi connectivity index (χ2n) is 4.62. The van der Waals surface area contributed by atoms with E-state index in [0.29, 0.717) is 12.0 Å². The normalized spacial score (nSPS) is 24.6. The third-order valence-electron chi connectivity index (χ3n) is 3.19. The fourth-order valence-electron chi connectivity index (χ4n) is 2.04. The summed E-state index contributed by atoms with van der Waals surface area (Å²) in [5, 5.41) is 8.91. The Kier molecular flexibility index (Phi) is 4.01. The number of rotatable bonds is 3. The van der Waals surface area contributed by atoms with E-state index in [0.717, 1.165) is 39.1 Å². The van der Waals surface area contributed by atoms with E-state index in [4.69, 9.17) is 10.8 Å². The lowest BCUT2D eigenvalue weighted by Gasteiger charge is -2.22. The van der Waals surface area contributed by atoms with Gasteiger partial charge in [-0.1, -0.05) is 0 Å². The van der Waals surface area contributed by atoms with Crippen molar-refractivity contribution in [2.75, 3.05) is 39.3 Å². The molecule has 0 bridgehead atoms. The van der Waals surface area contributed by atoms with Gasteiger partial charge in [0.1, 0.15) is 0 Å². The number of aliphatic imine (C=N–C) groups is 1. The molecular formula is C11H22N4O. The van der Waals surface area contributed by atoms with Crippen molar-refractivity contribution in [3.8, 4) is 0 Å². The predicted octanol–water partition coefficient (Wildman–Crippen LogP) is -0.536. The van der Waals surface area contributed by atoms with Crippen LogP contribution in [0.25, 0.3) is 0 Å². The molecule has 3 N–H and O–H groups in total. The molecule has 0 aromatic carbocycles. The van der Waals surface area contributed by atoms with Crippen molar-refractivity contribution >= 4 is 5.96 Å². The number of guanidine groups is 1. The van der Waals surface area contributed by atoms with Crippen molar-refractivity contribution in [1.29, 1.82) is 0 Å². The zero-order chi connectivity index (χ0) is 11.4. The number of nitrogens with zero attached hydrogens (tertiary/aromatic N) is 3. The number of β-amino-alcohol motifs (C(OH)–C–C–N with tert-alkyl or cyclic N) is 1. The molecule has 0 atom stereocenters. The van der Waals surface area contributed by atoms with Gasteiger partial charge in [0.25, 0.3) is 0 Å². The molecule has 0 amide bonds. The van der Waals surface area contributed by atoms with E-state index in [2.05, 4.69) is 14.8 Å². The minimum Gasteiger partial charge on any atom is -0.395 e. The Bertz CT molecular complexity index is 252. The molecule has 1 heterocycles. The molecule has 1 saturated heterocycles. The van der Waals surface area contributed by atoms with Gasteiger partial charge >= 0.3 is 0 Å². The first-order valence-electron chi connectivity index (χ1n) is 6.21. The molecule has 2 rings (SSSR count). The highest BCUT2D eigenvalue weighted by Gasteiger charge is 2.22. The van der Waals surface area contributed by atoms with Gasteiger partial charge < -0.3 is 15.7 Å². The number of aliphatic hydroxyl groups is 1. The standard InChI is InChI=1S/C11H22N4O/c12-11(13-10-2-3-10)15-5-1-4-14(6-7-15)8-9-16/h10,16H,1-9H2,(H2,12,13). The summed E-state index contributed by atoms with van der Waals surface area (Å²) >= 11 is 0. The van der Waals surface area contributed by atoms with Gasteiger partial charge in [-0.3, -0.25) is 4.90 Å². The van der Waals surface area contributed by atoms with Gasteiger partial charge in [0.2, 0.25) is 0 Å². The van der Waals surface area contributed by atoms with E-state index in [1.807, 2.05) is 0 Å². The molecule has 0 radical (unpaired) electrons. The molecular weight excluding hydrogens is 204 g/mol. The first-order chi connectivity index (χ1) is 7.79. The van der Waals surface area contributed by atoms with Crippen LogP contribution in [-0.2, 0) is 0 Å². The summed E-state index contributed by atoms with van der Waals surface area (Å²) in [5.41, 5.74) is 5.99. The number of hydrogen-bond acceptors (Lipinski definition) is 3. The largest absolute Gasteiger partial charge is 0.395 e. The summed E-state index contributed by atoms with van der Waals surface area (Å²) in [6.45, 7) is 4.96. The first kappa shape index (κ1) is 11.7. The highest BCUT2D eigenvalue weighted by Crippen LogP contribution is 2.23. The van der Waals surface area contributed by atoms with Crippen LogP contribution in [0.2, 0.25) is 0 Å². The molecule has 2 fully saturated rings. The summed E-state index contributed by atoms with van der Waals surface area (Å²) in [6, 6.07) is 0.497. The molecule has 0 spiro atoms. The van der Waals surface area contributed by atoms with Crippen molar-refractivity contribution in [2.24, 2.45) is 10.7 Å². The Labute approximate surface area is 96.9 Å². The van der Waals surface area contributed by atoms with Crippen LogP contribution in [0.4, 0.5) is 0 Å². The molecule has 5 nitrogen and oxygen atoms in total. The maximum Gasteiger partial charge on any atom is 0.191 e. The molecule has 1 saturated carbocycles. The number of hydrogen-bond donors (Lipinski definition) is 2. The molecule has 0 aromatic rings. The third-order valence-corrected chi connectivity index (χ3v) is 3.19. The van der Waals surface area contributed by atoms with Gasteiger partial charge in [0, 0.05) is 26.2 Å². The number of nitrogens with two attached hydrogens (primary N) is 1. The molecule has 92 valence electrons. The van der Waals surface area contributed by atoms with E-state index >= 15 is 0 Å². The average molecular weight is 226 g/mol. The maximum atomic E-state index is 8.91. The molecule has 1 aliphatic carbocycles. The van der Waals surface area contributed by atoms with Gasteiger partial charge in [-0.25, -0.2) is 4.99 Å². The fourth-order valence-corrected chi connectivity index (χ4v) is 2.04. The second-order valence-corrected chi connectivity index (χ2v) is 4.62. The van der Waals surface area contributed by atoms with Crippen LogP contribution in [0.15, 0.2) is 4.99 Å². The molecule has 0 aromatic heterocycles. The zero-order valence-corrected chi connectivity index (χ0v) is 9.81. The molecule has 2 aliphatic rings. The van der Waals surface area contributed by atoms with Crippen LogP contribution in [0, 0.1) is 0 Å². The average Bonchev–Trinajstić information content (AvgIpc) is 3.05. The molecule has 5 heteroatoms. The Balaban J connectivity index is 1.82. The van der Waals surface area contributed by atoms with Gasteiger partial charge in [0.15, 0.2) is 5.96 Å². The van der Waals surface area contributed by atoms with Crippen LogP contribution < -0.4 is 5.73 Å². The van der Waals surface area contributed by atoms with Crippen molar-refractivity contribution in [3.05, 3.63) is 0 Å². The quantitative estimate of drug-likeness (QED) is 0.501. The van der Waals surface area contributed by atoms with E-state index in [9.17, 15) is 0 Å². The smallest absolute Gasteiger partial charge is 0.191 e. The third kappa shape index (κ3) is 3.35. The molecule has 0 unspecified atom stereocenters. The van der Waals surface area contributed by atoms with E-state index in [-0.39, 0.29) is 6.61 Å². The summed E-state index contributed by atoms with van der Waals surface area (Å²) in [5.74, 6) is 0.716. The Morgan fingerprint density at radius 3 is 2.75 bits per heavy atom. The van der Waals surface area contributed by atoms with Crippen molar-refractivity contribution in [1.82, 2.24) is 9.80 Å². The summed E-state index contributed by atoms with van der Waals surface area (Å²) in [6.07, 6.45) is 3.50. The van der Waals surface area contributed by atoms with Crippen LogP contribution in [0.3, 0.4) is 0 Å². The van der Waals surface area contributed by atoms with E-state index < -0.39 is 0 Å². The van der Waals surface area contributed by atoms with Gasteiger partial charge in [-0.2, -0.15) is 0 Å². The Hall–Kier alpha value is -0.810. The highest BCUT2D eigenvalue weighted by atomic mass is 16.3. The SMILES string of the molecule is NC(=NC1CC1)N1CCCN(CCO)CC1. The Morgan fingerprint density at radius 1 is 1.25 bits per heavy atom. The maximum absolute atomic E-state index is 8.91. The fraction of sp³-hybridized carbons (Fsp3) is 0.909. The lowest BCUT2D eigenvalue weighted by atomic mass is 10.4. The predicted molar refractivity (Wildman–Crippen MR) is 64.4 cm³/mol. The zero-order valence-electron chi connectivity index (χ0n) is 9.81. The van der Waals surface area contributed by atoms with E-state index in [1.54, 1.807) is 0 Å². The van der Waals surface area contributed by atoms with Crippen molar-refractivity contribution < 1.29 is 5.11 Å². The minimum absolute atomic E-state index is 0.242. The monoisotopic (exact) mass is 226 g/mol. The summed E-state index contributed by atoms with van der Waals surface area (Å²) in [7, 11) is 0. The van der Waals surface area contributed by atoms with Gasteiger partial charge in [0.05, 0.1) is 12.6 Å². The topological polar surface area (TPSA) is 65.1 Å². The Morgan fingerprint density at radius 2 is 2.06 bits per heavy atom. The lowest BCUT2D eigenvalue weighted by molar-refractivity contribution is 0.201. The second kappa shape index (κ2) is 5.50. The van der Waals surface area contributed by atoms with Gasteiger partial charge in [-0.15, -0.1) is 0 Å². The first-order valence-corrected chi connectivity index (χ1v) is 6.21. The van der Waals surface area contributed by atoms with Crippen LogP contribution in [0.1, 0.15) is 19.3 Å². The van der Waals surface area contributed by atoms with E-state index in [1.165, 1.54) is 12.8 Å².